The Morgan fingerprint density at radius 3 is 2.59 bits per heavy atom. The molecule has 0 saturated carbocycles. The Morgan fingerprint density at radius 1 is 1.03 bits per heavy atom. The molecule has 2 aliphatic rings. The first-order valence-corrected chi connectivity index (χ1v) is 12.1. The number of hydrogen-bond donors (Lipinski definition) is 1. The van der Waals surface area contributed by atoms with E-state index in [1.54, 1.807) is 31.4 Å². The first-order chi connectivity index (χ1) is 16.7. The zero-order valence-corrected chi connectivity index (χ0v) is 19.6. The first-order valence-electron chi connectivity index (χ1n) is 12.1. The highest BCUT2D eigenvalue weighted by Crippen LogP contribution is 2.28. The van der Waals surface area contributed by atoms with E-state index in [-0.39, 0.29) is 11.8 Å². The number of benzene rings is 2. The van der Waals surface area contributed by atoms with Crippen molar-refractivity contribution in [1.29, 1.82) is 0 Å². The maximum Gasteiger partial charge on any atom is 0.261 e. The lowest BCUT2D eigenvalue weighted by Crippen LogP contribution is -2.33. The number of fused-ring (bicyclic) bond motifs is 2. The number of nitrogens with one attached hydrogen (secondary N) is 1. The van der Waals surface area contributed by atoms with Crippen LogP contribution in [0, 0.1) is 0 Å². The third kappa shape index (κ3) is 4.45. The Morgan fingerprint density at radius 2 is 1.82 bits per heavy atom. The van der Waals surface area contributed by atoms with Gasteiger partial charge in [0.25, 0.3) is 11.8 Å². The molecule has 7 heteroatoms. The van der Waals surface area contributed by atoms with E-state index in [4.69, 9.17) is 9.47 Å². The van der Waals surface area contributed by atoms with Crippen LogP contribution in [0.4, 0.5) is 0 Å². The summed E-state index contributed by atoms with van der Waals surface area (Å²) in [5, 5.41) is 1.19. The summed E-state index contributed by atoms with van der Waals surface area (Å²) in [5.74, 6) is 0.370. The van der Waals surface area contributed by atoms with Crippen LogP contribution in [0.25, 0.3) is 10.9 Å². The number of nitrogens with zero attached hydrogens (tertiary/aromatic N) is 2. The van der Waals surface area contributed by atoms with Crippen LogP contribution in [-0.2, 0) is 11.2 Å². The number of likely N-dealkylation sites (tertiary alicyclic amines) is 1. The number of ether oxygens (including phenoxy) is 2. The Kier molecular flexibility index (Phi) is 6.65. The van der Waals surface area contributed by atoms with E-state index in [1.165, 1.54) is 28.7 Å². The number of carbonyl (C=O) groups excluding carboxylic acids is 2. The van der Waals surface area contributed by atoms with E-state index in [1.807, 2.05) is 6.07 Å². The predicted octanol–water partition coefficient (Wildman–Crippen LogP) is 3.89. The third-order valence-corrected chi connectivity index (χ3v) is 6.95. The second-order valence-corrected chi connectivity index (χ2v) is 9.06. The van der Waals surface area contributed by atoms with E-state index in [0.717, 1.165) is 37.4 Å². The van der Waals surface area contributed by atoms with Gasteiger partial charge in [-0.3, -0.25) is 19.4 Å². The second kappa shape index (κ2) is 9.99. The molecule has 34 heavy (non-hydrogen) atoms. The van der Waals surface area contributed by atoms with Crippen molar-refractivity contribution in [2.75, 3.05) is 40.0 Å². The molecular weight excluding hydrogens is 430 g/mol. The monoisotopic (exact) mass is 461 g/mol. The van der Waals surface area contributed by atoms with Gasteiger partial charge in [-0.25, -0.2) is 0 Å². The Hall–Kier alpha value is -3.16. The van der Waals surface area contributed by atoms with E-state index >= 15 is 0 Å². The van der Waals surface area contributed by atoms with Crippen LogP contribution in [0.3, 0.4) is 0 Å². The summed E-state index contributed by atoms with van der Waals surface area (Å²) in [7, 11) is 1.76. The molecule has 0 radical (unpaired) electrons. The van der Waals surface area contributed by atoms with Crippen molar-refractivity contribution in [3.8, 4) is 5.75 Å². The number of hydrogen-bond acceptors (Lipinski definition) is 5. The molecule has 1 aromatic heterocycles. The van der Waals surface area contributed by atoms with Crippen LogP contribution >= 0.6 is 0 Å². The molecule has 3 aromatic rings. The van der Waals surface area contributed by atoms with Gasteiger partial charge in [0.15, 0.2) is 0 Å². The average molecular weight is 462 g/mol. The fourth-order valence-electron chi connectivity index (χ4n) is 5.15. The average Bonchev–Trinajstić information content (AvgIpc) is 3.54. The molecular formula is C27H31N3O4. The fourth-order valence-corrected chi connectivity index (χ4v) is 5.15. The van der Waals surface area contributed by atoms with Crippen molar-refractivity contribution in [1.82, 2.24) is 14.8 Å². The van der Waals surface area contributed by atoms with Gasteiger partial charge in [0, 0.05) is 43.3 Å². The van der Waals surface area contributed by atoms with Crippen LogP contribution in [0.1, 0.15) is 45.5 Å². The standard InChI is InChI=1S/C27H31N3O4/c1-33-15-13-29-11-4-6-20(29)16-19-18-28-25-10-9-21(17-24(19)25)34-14-5-12-30-26(31)22-7-2-3-8-23(22)27(30)32/h2-3,7-10,17-18,20,28H,4-6,11-16H2,1H3/t20-/m1/s1. The number of carbonyl (C=O) groups is 2. The highest BCUT2D eigenvalue weighted by molar-refractivity contribution is 6.21. The topological polar surface area (TPSA) is 74.9 Å². The molecule has 0 spiro atoms. The molecule has 1 fully saturated rings. The summed E-state index contributed by atoms with van der Waals surface area (Å²) in [5.41, 5.74) is 3.39. The highest BCUT2D eigenvalue weighted by atomic mass is 16.5. The summed E-state index contributed by atoms with van der Waals surface area (Å²) in [6, 6.07) is 13.6. The van der Waals surface area contributed by atoms with Crippen LogP contribution < -0.4 is 4.74 Å². The van der Waals surface area contributed by atoms with Crippen molar-refractivity contribution < 1.29 is 19.1 Å². The number of amides is 2. The Bertz CT molecular complexity index is 1150. The summed E-state index contributed by atoms with van der Waals surface area (Å²) < 4.78 is 11.3. The molecule has 0 aliphatic carbocycles. The van der Waals surface area contributed by atoms with Gasteiger partial charge in [-0.2, -0.15) is 0 Å². The van der Waals surface area contributed by atoms with Crippen LogP contribution in [0.5, 0.6) is 5.75 Å². The van der Waals surface area contributed by atoms with E-state index in [9.17, 15) is 9.59 Å². The first kappa shape index (κ1) is 22.6. The quantitative estimate of drug-likeness (QED) is 0.366. The molecule has 1 saturated heterocycles. The summed E-state index contributed by atoms with van der Waals surface area (Å²) >= 11 is 0. The van der Waals surface area contributed by atoms with Crippen molar-refractivity contribution in [2.24, 2.45) is 0 Å². The SMILES string of the molecule is COCCN1CCC[C@@H]1Cc1c[nH]c2ccc(OCCCN3C(=O)c4ccccc4C3=O)cc12. The number of methoxy groups -OCH3 is 1. The molecule has 2 aromatic carbocycles. The Labute approximate surface area is 199 Å². The number of aromatic amines is 1. The maximum absolute atomic E-state index is 12.5. The number of H-pyrrole nitrogens is 1. The van der Waals surface area contributed by atoms with Crippen molar-refractivity contribution in [3.05, 3.63) is 65.4 Å². The lowest BCUT2D eigenvalue weighted by Gasteiger charge is -2.23. The maximum atomic E-state index is 12.5. The van der Waals surface area contributed by atoms with Crippen LogP contribution in [0.2, 0.25) is 0 Å². The molecule has 3 heterocycles. The van der Waals surface area contributed by atoms with Gasteiger partial charge < -0.3 is 14.5 Å². The van der Waals surface area contributed by atoms with Gasteiger partial charge in [0.1, 0.15) is 5.75 Å². The van der Waals surface area contributed by atoms with Crippen LogP contribution in [-0.4, -0.2) is 72.6 Å². The van der Waals surface area contributed by atoms with Gasteiger partial charge in [0.05, 0.1) is 24.3 Å². The smallest absolute Gasteiger partial charge is 0.261 e. The zero-order chi connectivity index (χ0) is 23.5. The third-order valence-electron chi connectivity index (χ3n) is 6.95. The van der Waals surface area contributed by atoms with Crippen LogP contribution in [0.15, 0.2) is 48.7 Å². The van der Waals surface area contributed by atoms with E-state index in [2.05, 4.69) is 28.2 Å². The number of rotatable bonds is 10. The second-order valence-electron chi connectivity index (χ2n) is 9.06. The minimum atomic E-state index is -0.217. The number of imide groups is 1. The van der Waals surface area contributed by atoms with Gasteiger partial charge in [-0.15, -0.1) is 0 Å². The lowest BCUT2D eigenvalue weighted by molar-refractivity contribution is 0.0646. The van der Waals surface area contributed by atoms with Gasteiger partial charge >= 0.3 is 0 Å². The Balaban J connectivity index is 1.18. The molecule has 178 valence electrons. The van der Waals surface area contributed by atoms with Gasteiger partial charge in [0.2, 0.25) is 0 Å². The minimum Gasteiger partial charge on any atom is -0.494 e. The minimum absolute atomic E-state index is 0.217. The largest absolute Gasteiger partial charge is 0.494 e. The van der Waals surface area contributed by atoms with Crippen molar-refractivity contribution >= 4 is 22.7 Å². The van der Waals surface area contributed by atoms with Gasteiger partial charge in [-0.05, 0) is 68.1 Å². The lowest BCUT2D eigenvalue weighted by atomic mass is 10.0. The summed E-state index contributed by atoms with van der Waals surface area (Å²) in [6.07, 6.45) is 6.15. The molecule has 5 rings (SSSR count). The summed E-state index contributed by atoms with van der Waals surface area (Å²) in [6.45, 7) is 3.67. The molecule has 1 N–H and O–H groups in total. The molecule has 0 unspecified atom stereocenters. The molecule has 2 aliphatic heterocycles. The molecule has 1 atom stereocenters. The summed E-state index contributed by atoms with van der Waals surface area (Å²) in [4.78, 5) is 32.2. The van der Waals surface area contributed by atoms with Gasteiger partial charge in [-0.1, -0.05) is 12.1 Å². The predicted molar refractivity (Wildman–Crippen MR) is 130 cm³/mol. The van der Waals surface area contributed by atoms with Crippen molar-refractivity contribution in [3.63, 3.8) is 0 Å². The highest BCUT2D eigenvalue weighted by Gasteiger charge is 2.34. The molecule has 0 bridgehead atoms. The number of aromatic nitrogens is 1. The van der Waals surface area contributed by atoms with E-state index < -0.39 is 0 Å². The normalized spacial score (nSPS) is 18.3. The molecule has 7 nitrogen and oxygen atoms in total. The van der Waals surface area contributed by atoms with E-state index in [0.29, 0.717) is 36.7 Å². The fraction of sp³-hybridized carbons (Fsp3) is 0.407. The zero-order valence-electron chi connectivity index (χ0n) is 19.6. The molecule has 2 amide bonds. The van der Waals surface area contributed by atoms with Crippen molar-refractivity contribution in [2.45, 2.75) is 31.7 Å².